The van der Waals surface area contributed by atoms with Gasteiger partial charge in [0.2, 0.25) is 5.43 Å². The Labute approximate surface area is 198 Å². The Morgan fingerprint density at radius 2 is 1.91 bits per heavy atom. The van der Waals surface area contributed by atoms with Crippen LogP contribution in [-0.4, -0.2) is 53.6 Å². The van der Waals surface area contributed by atoms with Gasteiger partial charge >= 0.3 is 0 Å². The van der Waals surface area contributed by atoms with E-state index in [1.54, 1.807) is 27.8 Å². The van der Waals surface area contributed by atoms with E-state index in [9.17, 15) is 18.8 Å². The van der Waals surface area contributed by atoms with Crippen molar-refractivity contribution < 1.29 is 18.7 Å². The van der Waals surface area contributed by atoms with E-state index in [2.05, 4.69) is 12.2 Å². The fourth-order valence-corrected chi connectivity index (χ4v) is 4.56. The van der Waals surface area contributed by atoms with Gasteiger partial charge in [-0.25, -0.2) is 4.39 Å². The topological polar surface area (TPSA) is 80.6 Å². The molecule has 1 atom stereocenters. The first-order chi connectivity index (χ1) is 16.4. The summed E-state index contributed by atoms with van der Waals surface area (Å²) in [5.74, 6) is -0.647. The van der Waals surface area contributed by atoms with Gasteiger partial charge in [-0.05, 0) is 55.7 Å². The lowest BCUT2D eigenvalue weighted by Gasteiger charge is -2.30. The van der Waals surface area contributed by atoms with Gasteiger partial charge in [-0.1, -0.05) is 19.1 Å². The normalized spacial score (nSPS) is 18.8. The van der Waals surface area contributed by atoms with Crippen LogP contribution in [0.5, 0.6) is 0 Å². The highest BCUT2D eigenvalue weighted by Gasteiger charge is 2.27. The van der Waals surface area contributed by atoms with Crippen LogP contribution in [-0.2, 0) is 17.7 Å². The van der Waals surface area contributed by atoms with E-state index in [1.165, 1.54) is 18.3 Å². The maximum atomic E-state index is 13.4. The number of halogens is 1. The molecule has 2 aliphatic heterocycles. The van der Waals surface area contributed by atoms with Crippen LogP contribution < -0.4 is 10.7 Å². The Kier molecular flexibility index (Phi) is 7.77. The predicted octanol–water partition coefficient (Wildman–Crippen LogP) is 3.01. The Morgan fingerprint density at radius 3 is 2.62 bits per heavy atom. The highest BCUT2D eigenvalue weighted by molar-refractivity contribution is 5.99. The molecule has 2 amide bonds. The van der Waals surface area contributed by atoms with Crippen LogP contribution in [0, 0.1) is 11.7 Å². The predicted molar refractivity (Wildman–Crippen MR) is 126 cm³/mol. The van der Waals surface area contributed by atoms with Crippen molar-refractivity contribution >= 4 is 11.8 Å². The van der Waals surface area contributed by atoms with Crippen molar-refractivity contribution in [2.24, 2.45) is 5.92 Å². The van der Waals surface area contributed by atoms with Crippen LogP contribution in [0.1, 0.15) is 58.9 Å². The molecule has 7 nitrogen and oxygen atoms in total. The molecule has 0 saturated carbocycles. The van der Waals surface area contributed by atoms with E-state index in [0.29, 0.717) is 38.6 Å². The van der Waals surface area contributed by atoms with Gasteiger partial charge < -0.3 is 19.5 Å². The van der Waals surface area contributed by atoms with Gasteiger partial charge in [-0.2, -0.15) is 0 Å². The average molecular weight is 470 g/mol. The summed E-state index contributed by atoms with van der Waals surface area (Å²) in [6.07, 6.45) is 7.16. The molecule has 0 bridgehead atoms. The smallest absolute Gasteiger partial charge is 0.259 e. The Morgan fingerprint density at radius 1 is 1.15 bits per heavy atom. The molecule has 2 aliphatic rings. The van der Waals surface area contributed by atoms with Crippen molar-refractivity contribution in [3.05, 3.63) is 69.4 Å². The van der Waals surface area contributed by atoms with E-state index in [1.807, 2.05) is 0 Å². The van der Waals surface area contributed by atoms with Crippen molar-refractivity contribution in [2.75, 3.05) is 26.2 Å². The van der Waals surface area contributed by atoms with Gasteiger partial charge in [-0.15, -0.1) is 0 Å². The number of nitrogens with zero attached hydrogens (tertiary/aromatic N) is 2. The van der Waals surface area contributed by atoms with Crippen molar-refractivity contribution in [3.8, 4) is 0 Å². The van der Waals surface area contributed by atoms with Gasteiger partial charge in [0.25, 0.3) is 11.8 Å². The van der Waals surface area contributed by atoms with Crippen LogP contribution in [0.3, 0.4) is 0 Å². The summed E-state index contributed by atoms with van der Waals surface area (Å²) >= 11 is 0. The standard InChI is InChI=1S/C26H32FN3O4/c1-18-8-11-30(12-9-18)26(33)23-17-29(15-21-6-3-13-34-21)16-22(24(23)31)25(32)28-10-7-19-4-2-5-20(27)14-19/h2,4-5,14,16-18,21H,3,6-13,15H2,1H3,(H,28,32). The molecule has 2 aromatic rings. The molecule has 1 N–H and O–H groups in total. The van der Waals surface area contributed by atoms with Crippen LogP contribution in [0.4, 0.5) is 4.39 Å². The number of aromatic nitrogens is 1. The third kappa shape index (κ3) is 5.91. The number of hydrogen-bond donors (Lipinski definition) is 1. The molecule has 2 fully saturated rings. The molecule has 34 heavy (non-hydrogen) atoms. The minimum Gasteiger partial charge on any atom is -0.376 e. The number of likely N-dealkylation sites (tertiary alicyclic amines) is 1. The van der Waals surface area contributed by atoms with Crippen molar-refractivity contribution in [1.29, 1.82) is 0 Å². The maximum Gasteiger partial charge on any atom is 0.259 e. The zero-order valence-electron chi connectivity index (χ0n) is 19.6. The first-order valence-corrected chi connectivity index (χ1v) is 12.1. The van der Waals surface area contributed by atoms with Gasteiger partial charge in [0.15, 0.2) is 0 Å². The number of rotatable bonds is 7. The molecule has 182 valence electrons. The van der Waals surface area contributed by atoms with Crippen LogP contribution in [0.15, 0.2) is 41.5 Å². The summed E-state index contributed by atoms with van der Waals surface area (Å²) in [6, 6.07) is 6.18. The highest BCUT2D eigenvalue weighted by atomic mass is 19.1. The molecular weight excluding hydrogens is 437 g/mol. The number of ether oxygens (including phenoxy) is 1. The molecule has 1 aromatic carbocycles. The Balaban J connectivity index is 1.54. The minimum atomic E-state index is -0.560. The fourth-order valence-electron chi connectivity index (χ4n) is 4.56. The van der Waals surface area contributed by atoms with Crippen molar-refractivity contribution in [1.82, 2.24) is 14.8 Å². The van der Waals surface area contributed by atoms with Gasteiger partial charge in [0, 0.05) is 45.2 Å². The number of amides is 2. The SMILES string of the molecule is CC1CCN(C(=O)c2cn(CC3CCCO3)cc(C(=O)NCCc3cccc(F)c3)c2=O)CC1. The minimum absolute atomic E-state index is 0.00909. The largest absolute Gasteiger partial charge is 0.376 e. The molecule has 8 heteroatoms. The van der Waals surface area contributed by atoms with Crippen LogP contribution in [0.2, 0.25) is 0 Å². The van der Waals surface area contributed by atoms with Crippen LogP contribution >= 0.6 is 0 Å². The summed E-state index contributed by atoms with van der Waals surface area (Å²) in [6.45, 7) is 4.78. The third-order valence-electron chi connectivity index (χ3n) is 6.65. The second-order valence-electron chi connectivity index (χ2n) is 9.36. The maximum absolute atomic E-state index is 13.4. The molecule has 2 saturated heterocycles. The molecule has 3 heterocycles. The Bertz CT molecular complexity index is 1090. The third-order valence-corrected chi connectivity index (χ3v) is 6.65. The van der Waals surface area contributed by atoms with E-state index in [-0.39, 0.29) is 35.5 Å². The lowest BCUT2D eigenvalue weighted by atomic mass is 9.98. The van der Waals surface area contributed by atoms with Crippen molar-refractivity contribution in [2.45, 2.75) is 51.7 Å². The monoisotopic (exact) mass is 469 g/mol. The zero-order chi connectivity index (χ0) is 24.1. The number of nitrogens with one attached hydrogen (secondary N) is 1. The lowest BCUT2D eigenvalue weighted by molar-refractivity contribution is 0.0693. The number of benzene rings is 1. The fraction of sp³-hybridized carbons (Fsp3) is 0.500. The van der Waals surface area contributed by atoms with E-state index in [0.717, 1.165) is 31.2 Å². The zero-order valence-corrected chi connectivity index (χ0v) is 19.6. The van der Waals surface area contributed by atoms with Gasteiger partial charge in [0.1, 0.15) is 16.9 Å². The second-order valence-corrected chi connectivity index (χ2v) is 9.36. The Hall–Kier alpha value is -3.00. The van der Waals surface area contributed by atoms with E-state index < -0.39 is 11.3 Å². The highest BCUT2D eigenvalue weighted by Crippen LogP contribution is 2.18. The summed E-state index contributed by atoms with van der Waals surface area (Å²) < 4.78 is 20.8. The molecule has 4 rings (SSSR count). The first kappa shape index (κ1) is 24.1. The summed E-state index contributed by atoms with van der Waals surface area (Å²) in [5.41, 5.74) is 0.147. The van der Waals surface area contributed by atoms with Crippen LogP contribution in [0.25, 0.3) is 0 Å². The quantitative estimate of drug-likeness (QED) is 0.676. The molecule has 1 unspecified atom stereocenters. The van der Waals surface area contributed by atoms with E-state index in [4.69, 9.17) is 4.74 Å². The molecule has 1 aromatic heterocycles. The van der Waals surface area contributed by atoms with Gasteiger partial charge in [-0.3, -0.25) is 14.4 Å². The molecule has 0 spiro atoms. The number of carbonyl (C=O) groups is 2. The van der Waals surface area contributed by atoms with Gasteiger partial charge in [0.05, 0.1) is 6.10 Å². The summed E-state index contributed by atoms with van der Waals surface area (Å²) in [5, 5.41) is 2.75. The molecule has 0 aliphatic carbocycles. The number of piperidine rings is 1. The first-order valence-electron chi connectivity index (χ1n) is 12.1. The number of hydrogen-bond acceptors (Lipinski definition) is 4. The molecule has 0 radical (unpaired) electrons. The average Bonchev–Trinajstić information content (AvgIpc) is 3.33. The lowest BCUT2D eigenvalue weighted by Crippen LogP contribution is -2.41. The number of carbonyl (C=O) groups excluding carboxylic acids is 2. The number of pyridine rings is 1. The summed E-state index contributed by atoms with van der Waals surface area (Å²) in [7, 11) is 0. The molecular formula is C26H32FN3O4. The summed E-state index contributed by atoms with van der Waals surface area (Å²) in [4.78, 5) is 41.1. The second kappa shape index (κ2) is 11.0. The van der Waals surface area contributed by atoms with E-state index >= 15 is 0 Å². The van der Waals surface area contributed by atoms with Crippen molar-refractivity contribution in [3.63, 3.8) is 0 Å².